The first-order valence-corrected chi connectivity index (χ1v) is 6.52. The number of aryl methyl sites for hydroxylation is 1. The molecule has 1 radical (unpaired) electrons. The highest BCUT2D eigenvalue weighted by molar-refractivity contribution is 6.36. The number of halogens is 3. The minimum atomic E-state index is -1.73. The van der Waals surface area contributed by atoms with Crippen LogP contribution in [0.25, 0.3) is 0 Å². The lowest BCUT2D eigenvalue weighted by Gasteiger charge is -2.09. The third kappa shape index (κ3) is 4.41. The summed E-state index contributed by atoms with van der Waals surface area (Å²) in [5.74, 6) is -2.99. The fraction of sp³-hybridized carbons (Fsp3) is 0.455. The molecule has 7 heteroatoms. The molecular formula is C11H14F3O3Si. The average Bonchev–Trinajstić information content (AvgIpc) is 2.35. The van der Waals surface area contributed by atoms with Crippen molar-refractivity contribution < 1.29 is 26.4 Å². The first kappa shape index (κ1) is 15.2. The number of rotatable bonds is 7. The largest absolute Gasteiger partial charge is 0.577 e. The van der Waals surface area contributed by atoms with E-state index in [4.69, 9.17) is 13.3 Å². The van der Waals surface area contributed by atoms with Crippen molar-refractivity contribution in [3.63, 3.8) is 0 Å². The predicted octanol–water partition coefficient (Wildman–Crippen LogP) is 2.33. The Hall–Kier alpha value is -0.893. The van der Waals surface area contributed by atoms with Gasteiger partial charge in [0, 0.05) is 26.9 Å². The molecule has 0 fully saturated rings. The lowest BCUT2D eigenvalue weighted by atomic mass is 10.1. The zero-order valence-corrected chi connectivity index (χ0v) is 11.1. The molecule has 0 aliphatic heterocycles. The van der Waals surface area contributed by atoms with Crippen LogP contribution in [-0.2, 0) is 19.7 Å². The first-order chi connectivity index (χ1) is 8.58. The summed E-state index contributed by atoms with van der Waals surface area (Å²) in [6.45, 7) is 0.300. The van der Waals surface area contributed by atoms with E-state index in [0.29, 0.717) is 19.1 Å². The second-order valence-corrected chi connectivity index (χ2v) is 5.07. The molecule has 0 amide bonds. The summed E-state index contributed by atoms with van der Waals surface area (Å²) in [4.78, 5) is 0. The normalized spacial score (nSPS) is 11.2. The van der Waals surface area contributed by atoms with Crippen molar-refractivity contribution in [2.45, 2.75) is 12.8 Å². The van der Waals surface area contributed by atoms with Gasteiger partial charge in [0.2, 0.25) is 0 Å². The summed E-state index contributed by atoms with van der Waals surface area (Å²) >= 11 is 0. The Morgan fingerprint density at radius 3 is 2.22 bits per heavy atom. The van der Waals surface area contributed by atoms with Crippen LogP contribution < -0.4 is 0 Å². The Morgan fingerprint density at radius 2 is 1.61 bits per heavy atom. The zero-order valence-electron chi connectivity index (χ0n) is 10.1. The van der Waals surface area contributed by atoms with E-state index in [9.17, 15) is 13.2 Å². The molecule has 0 unspecified atom stereocenters. The van der Waals surface area contributed by atoms with Gasteiger partial charge in [-0.3, -0.25) is 0 Å². The van der Waals surface area contributed by atoms with Gasteiger partial charge < -0.3 is 13.3 Å². The molecule has 0 saturated carbocycles. The monoisotopic (exact) mass is 279 g/mol. The molecule has 1 aromatic carbocycles. The van der Waals surface area contributed by atoms with Gasteiger partial charge in [-0.1, -0.05) is 0 Å². The molecule has 0 aliphatic carbocycles. The molecule has 101 valence electrons. The molecule has 0 aliphatic rings. The van der Waals surface area contributed by atoms with Crippen LogP contribution in [0.5, 0.6) is 0 Å². The van der Waals surface area contributed by atoms with Crippen LogP contribution in [0.4, 0.5) is 13.2 Å². The number of hydrogen-bond donors (Lipinski definition) is 0. The Kier molecular flexibility index (Phi) is 6.34. The van der Waals surface area contributed by atoms with E-state index in [1.165, 1.54) is 14.2 Å². The van der Waals surface area contributed by atoms with E-state index in [1.807, 2.05) is 0 Å². The summed E-state index contributed by atoms with van der Waals surface area (Å²) < 4.78 is 53.8. The second-order valence-electron chi connectivity index (χ2n) is 3.47. The number of hydrogen-bond acceptors (Lipinski definition) is 3. The fourth-order valence-electron chi connectivity index (χ4n) is 1.37. The fourth-order valence-corrected chi connectivity index (χ4v) is 2.09. The maximum atomic E-state index is 13.3. The third-order valence-electron chi connectivity index (χ3n) is 2.23. The molecule has 0 spiro atoms. The highest BCUT2D eigenvalue weighted by Crippen LogP contribution is 2.15. The van der Waals surface area contributed by atoms with E-state index in [0.717, 1.165) is 6.07 Å². The van der Waals surface area contributed by atoms with Crippen molar-refractivity contribution in [3.8, 4) is 0 Å². The smallest absolute Gasteiger partial charge is 0.375 e. The van der Waals surface area contributed by atoms with Crippen LogP contribution in [0, 0.1) is 17.5 Å². The molecule has 0 bridgehead atoms. The average molecular weight is 279 g/mol. The minimum absolute atomic E-state index is 0.126. The molecule has 0 N–H and O–H groups in total. The van der Waals surface area contributed by atoms with Crippen LogP contribution in [0.1, 0.15) is 12.0 Å². The van der Waals surface area contributed by atoms with Gasteiger partial charge in [-0.05, 0) is 24.5 Å². The topological polar surface area (TPSA) is 27.7 Å². The Balaban J connectivity index is 2.42. The van der Waals surface area contributed by atoms with Gasteiger partial charge in [-0.25, -0.2) is 13.2 Å². The quantitative estimate of drug-likeness (QED) is 0.435. The van der Waals surface area contributed by atoms with Gasteiger partial charge in [0.1, 0.15) is 5.82 Å². The van der Waals surface area contributed by atoms with E-state index >= 15 is 0 Å². The van der Waals surface area contributed by atoms with Crippen molar-refractivity contribution in [1.29, 1.82) is 0 Å². The maximum absolute atomic E-state index is 13.3. The highest BCUT2D eigenvalue weighted by Gasteiger charge is 2.14. The molecular weight excluding hydrogens is 265 g/mol. The maximum Gasteiger partial charge on any atom is 0.577 e. The van der Waals surface area contributed by atoms with Crippen molar-refractivity contribution in [1.82, 2.24) is 0 Å². The molecule has 0 saturated heterocycles. The minimum Gasteiger partial charge on any atom is -0.375 e. The lowest BCUT2D eigenvalue weighted by Crippen LogP contribution is -2.24. The predicted molar refractivity (Wildman–Crippen MR) is 60.4 cm³/mol. The molecule has 0 aromatic heterocycles. The molecule has 3 nitrogen and oxygen atoms in total. The van der Waals surface area contributed by atoms with Gasteiger partial charge in [0.25, 0.3) is 0 Å². The molecule has 1 rings (SSSR count). The van der Waals surface area contributed by atoms with Gasteiger partial charge >= 0.3 is 9.53 Å². The standard InChI is InChI=1S/C11H14F3O3Si/c1-15-18(16-2)17-5-3-4-8-6-10(13)11(14)7-9(8)12/h6-7H,3-5H2,1-2H3. The molecule has 0 heterocycles. The Morgan fingerprint density at radius 1 is 1.00 bits per heavy atom. The SMILES string of the molecule is CO[Si](OC)OCCCc1cc(F)c(F)cc1F. The van der Waals surface area contributed by atoms with Gasteiger partial charge in [0.05, 0.1) is 0 Å². The van der Waals surface area contributed by atoms with Crippen LogP contribution in [-0.4, -0.2) is 30.4 Å². The van der Waals surface area contributed by atoms with E-state index in [1.54, 1.807) is 0 Å². The van der Waals surface area contributed by atoms with Crippen LogP contribution in [0.2, 0.25) is 0 Å². The van der Waals surface area contributed by atoms with Gasteiger partial charge in [-0.15, -0.1) is 0 Å². The van der Waals surface area contributed by atoms with Crippen LogP contribution in [0.3, 0.4) is 0 Å². The van der Waals surface area contributed by atoms with Crippen molar-refractivity contribution in [3.05, 3.63) is 35.1 Å². The third-order valence-corrected chi connectivity index (χ3v) is 3.34. The van der Waals surface area contributed by atoms with E-state index in [-0.39, 0.29) is 12.0 Å². The summed E-state index contributed by atoms with van der Waals surface area (Å²) in [6, 6.07) is 1.41. The molecule has 0 atom stereocenters. The van der Waals surface area contributed by atoms with E-state index < -0.39 is 27.0 Å². The van der Waals surface area contributed by atoms with Crippen molar-refractivity contribution in [2.24, 2.45) is 0 Å². The summed E-state index contributed by atoms with van der Waals surface area (Å²) in [6.07, 6.45) is 0.717. The first-order valence-electron chi connectivity index (χ1n) is 5.29. The van der Waals surface area contributed by atoms with Crippen molar-refractivity contribution in [2.75, 3.05) is 20.8 Å². The number of benzene rings is 1. The zero-order chi connectivity index (χ0) is 13.5. The lowest BCUT2D eigenvalue weighted by molar-refractivity contribution is 0.134. The van der Waals surface area contributed by atoms with Gasteiger partial charge in [-0.2, -0.15) is 0 Å². The summed E-state index contributed by atoms with van der Waals surface area (Å²) in [7, 11) is 1.20. The highest BCUT2D eigenvalue weighted by atomic mass is 28.3. The second kappa shape index (κ2) is 7.52. The molecule has 18 heavy (non-hydrogen) atoms. The van der Waals surface area contributed by atoms with Crippen molar-refractivity contribution >= 4 is 9.53 Å². The van der Waals surface area contributed by atoms with Crippen LogP contribution >= 0.6 is 0 Å². The molecule has 1 aromatic rings. The summed E-state index contributed by atoms with van der Waals surface area (Å²) in [5.41, 5.74) is 0.126. The Labute approximate surface area is 105 Å². The summed E-state index contributed by atoms with van der Waals surface area (Å²) in [5, 5.41) is 0. The van der Waals surface area contributed by atoms with Crippen LogP contribution in [0.15, 0.2) is 12.1 Å². The van der Waals surface area contributed by atoms with Gasteiger partial charge in [0.15, 0.2) is 11.6 Å². The van der Waals surface area contributed by atoms with E-state index in [2.05, 4.69) is 0 Å². The Bertz CT molecular complexity index is 386.